The Morgan fingerprint density at radius 1 is 1.43 bits per heavy atom. The first-order valence-corrected chi connectivity index (χ1v) is 8.31. The number of rotatable bonds is 4. The van der Waals surface area contributed by atoms with Crippen molar-refractivity contribution in [2.75, 3.05) is 33.4 Å². The maximum Gasteiger partial charge on any atom is 0.318 e. The zero-order chi connectivity index (χ0) is 16.1. The molecule has 0 bridgehead atoms. The van der Waals surface area contributed by atoms with Crippen LogP contribution in [0.5, 0.6) is 0 Å². The number of ether oxygens (including phenoxy) is 2. The van der Waals surface area contributed by atoms with Gasteiger partial charge < -0.3 is 19.7 Å². The molecule has 0 aromatic carbocycles. The Kier molecular flexibility index (Phi) is 5.13. The fraction of sp³-hybridized carbons (Fsp3) is 0.647. The van der Waals surface area contributed by atoms with Crippen LogP contribution in [-0.2, 0) is 9.47 Å². The van der Waals surface area contributed by atoms with Crippen LogP contribution in [0.4, 0.5) is 4.79 Å². The Bertz CT molecular complexity index is 517. The van der Waals surface area contributed by atoms with Crippen LogP contribution in [0.15, 0.2) is 24.5 Å². The first-order valence-electron chi connectivity index (χ1n) is 8.31. The van der Waals surface area contributed by atoms with Gasteiger partial charge in [-0.05, 0) is 30.5 Å². The smallest absolute Gasteiger partial charge is 0.318 e. The third-order valence-corrected chi connectivity index (χ3v) is 5.00. The number of methoxy groups -OCH3 is 1. The van der Waals surface area contributed by atoms with Gasteiger partial charge in [0.2, 0.25) is 0 Å². The SMILES string of the molecule is COC1(CNC(=O)N2CCC[C@@H]2c2ccncc2)CCOCC1. The summed E-state index contributed by atoms with van der Waals surface area (Å²) in [5.74, 6) is 0. The van der Waals surface area contributed by atoms with Gasteiger partial charge in [0.15, 0.2) is 0 Å². The summed E-state index contributed by atoms with van der Waals surface area (Å²) in [5, 5.41) is 3.08. The quantitative estimate of drug-likeness (QED) is 0.923. The number of likely N-dealkylation sites (tertiary alicyclic amines) is 1. The van der Waals surface area contributed by atoms with Gasteiger partial charge in [0.1, 0.15) is 0 Å². The van der Waals surface area contributed by atoms with Gasteiger partial charge in [-0.15, -0.1) is 0 Å². The molecule has 0 unspecified atom stereocenters. The highest BCUT2D eigenvalue weighted by molar-refractivity contribution is 5.75. The molecule has 2 saturated heterocycles. The zero-order valence-corrected chi connectivity index (χ0v) is 13.7. The molecule has 0 saturated carbocycles. The molecule has 3 heterocycles. The molecular weight excluding hydrogens is 294 g/mol. The molecule has 2 aliphatic heterocycles. The van der Waals surface area contributed by atoms with Crippen molar-refractivity contribution in [1.29, 1.82) is 0 Å². The molecule has 2 fully saturated rings. The standard InChI is InChI=1S/C17H25N3O3/c1-22-17(6-11-23-12-7-17)13-19-16(21)20-10-2-3-15(20)14-4-8-18-9-5-14/h4-5,8-9,15H,2-3,6-7,10-13H2,1H3,(H,19,21)/t15-/m1/s1. The molecule has 2 aliphatic rings. The average molecular weight is 319 g/mol. The number of nitrogens with one attached hydrogen (secondary N) is 1. The van der Waals surface area contributed by atoms with Crippen molar-refractivity contribution in [3.05, 3.63) is 30.1 Å². The Hall–Kier alpha value is -1.66. The average Bonchev–Trinajstić information content (AvgIpc) is 3.11. The van der Waals surface area contributed by atoms with Crippen LogP contribution in [0.25, 0.3) is 0 Å². The van der Waals surface area contributed by atoms with Gasteiger partial charge in [-0.3, -0.25) is 4.98 Å². The summed E-state index contributed by atoms with van der Waals surface area (Å²) in [5.41, 5.74) is 0.861. The fourth-order valence-corrected chi connectivity index (χ4v) is 3.48. The lowest BCUT2D eigenvalue weighted by atomic mass is 9.94. The van der Waals surface area contributed by atoms with E-state index < -0.39 is 0 Å². The molecule has 126 valence electrons. The topological polar surface area (TPSA) is 63.7 Å². The van der Waals surface area contributed by atoms with Gasteiger partial charge in [0.05, 0.1) is 11.6 Å². The van der Waals surface area contributed by atoms with E-state index in [2.05, 4.69) is 10.3 Å². The number of hydrogen-bond acceptors (Lipinski definition) is 4. The third kappa shape index (κ3) is 3.64. The number of carbonyl (C=O) groups is 1. The van der Waals surface area contributed by atoms with E-state index in [1.165, 1.54) is 0 Å². The van der Waals surface area contributed by atoms with Crippen molar-refractivity contribution in [3.63, 3.8) is 0 Å². The predicted molar refractivity (Wildman–Crippen MR) is 86.1 cm³/mol. The van der Waals surface area contributed by atoms with Gasteiger partial charge in [-0.1, -0.05) is 0 Å². The molecule has 3 rings (SSSR count). The van der Waals surface area contributed by atoms with Crippen LogP contribution in [0.2, 0.25) is 0 Å². The lowest BCUT2D eigenvalue weighted by Gasteiger charge is -2.36. The Balaban J connectivity index is 1.61. The molecule has 1 atom stereocenters. The Morgan fingerprint density at radius 2 is 2.17 bits per heavy atom. The number of amides is 2. The summed E-state index contributed by atoms with van der Waals surface area (Å²) >= 11 is 0. The van der Waals surface area contributed by atoms with Crippen LogP contribution in [0, 0.1) is 0 Å². The normalized spacial score (nSPS) is 23.7. The zero-order valence-electron chi connectivity index (χ0n) is 13.7. The van der Waals surface area contributed by atoms with Crippen molar-refractivity contribution in [2.24, 2.45) is 0 Å². The first-order chi connectivity index (χ1) is 11.2. The van der Waals surface area contributed by atoms with E-state index in [1.807, 2.05) is 17.0 Å². The molecule has 0 radical (unpaired) electrons. The van der Waals surface area contributed by atoms with Crippen molar-refractivity contribution >= 4 is 6.03 Å². The molecular formula is C17H25N3O3. The van der Waals surface area contributed by atoms with Gasteiger partial charge >= 0.3 is 6.03 Å². The first kappa shape index (κ1) is 16.2. The minimum absolute atomic E-state index is 0.00720. The molecule has 1 N–H and O–H groups in total. The minimum atomic E-state index is -0.292. The summed E-state index contributed by atoms with van der Waals surface area (Å²) in [4.78, 5) is 18.6. The van der Waals surface area contributed by atoms with Gasteiger partial charge in [0.25, 0.3) is 0 Å². The van der Waals surface area contributed by atoms with E-state index in [-0.39, 0.29) is 17.7 Å². The Labute approximate surface area is 137 Å². The molecule has 6 nitrogen and oxygen atoms in total. The highest BCUT2D eigenvalue weighted by atomic mass is 16.5. The van der Waals surface area contributed by atoms with Crippen LogP contribution < -0.4 is 5.32 Å². The second kappa shape index (κ2) is 7.27. The van der Waals surface area contributed by atoms with E-state index in [9.17, 15) is 4.79 Å². The molecule has 1 aromatic heterocycles. The number of hydrogen-bond donors (Lipinski definition) is 1. The number of urea groups is 1. The van der Waals surface area contributed by atoms with E-state index in [0.717, 1.165) is 37.8 Å². The minimum Gasteiger partial charge on any atom is -0.381 e. The molecule has 23 heavy (non-hydrogen) atoms. The van der Waals surface area contributed by atoms with Crippen LogP contribution >= 0.6 is 0 Å². The maximum atomic E-state index is 12.6. The molecule has 6 heteroatoms. The predicted octanol–water partition coefficient (Wildman–Crippen LogP) is 2.12. The van der Waals surface area contributed by atoms with Gasteiger partial charge in [-0.25, -0.2) is 4.79 Å². The number of pyridine rings is 1. The summed E-state index contributed by atoms with van der Waals surface area (Å²) in [6.07, 6.45) is 7.23. The largest absolute Gasteiger partial charge is 0.381 e. The Morgan fingerprint density at radius 3 is 2.87 bits per heavy atom. The number of carbonyl (C=O) groups excluding carboxylic acids is 1. The molecule has 0 aliphatic carbocycles. The number of aromatic nitrogens is 1. The van der Waals surface area contributed by atoms with E-state index >= 15 is 0 Å². The molecule has 1 aromatic rings. The van der Waals surface area contributed by atoms with E-state index in [1.54, 1.807) is 19.5 Å². The number of nitrogens with zero attached hydrogens (tertiary/aromatic N) is 2. The maximum absolute atomic E-state index is 12.6. The summed E-state index contributed by atoms with van der Waals surface area (Å²) < 4.78 is 11.1. The summed E-state index contributed by atoms with van der Waals surface area (Å²) in [7, 11) is 1.72. The lowest BCUT2D eigenvalue weighted by Crippen LogP contribution is -2.51. The highest BCUT2D eigenvalue weighted by Crippen LogP contribution is 2.31. The van der Waals surface area contributed by atoms with Crippen molar-refractivity contribution in [3.8, 4) is 0 Å². The van der Waals surface area contributed by atoms with Crippen molar-refractivity contribution in [2.45, 2.75) is 37.3 Å². The highest BCUT2D eigenvalue weighted by Gasteiger charge is 2.35. The fourth-order valence-electron chi connectivity index (χ4n) is 3.48. The van der Waals surface area contributed by atoms with Crippen molar-refractivity contribution in [1.82, 2.24) is 15.2 Å². The van der Waals surface area contributed by atoms with Crippen LogP contribution in [-0.4, -0.2) is 54.9 Å². The summed E-state index contributed by atoms with van der Waals surface area (Å²) in [6.45, 7) is 2.70. The van der Waals surface area contributed by atoms with E-state index in [0.29, 0.717) is 19.8 Å². The molecule has 0 spiro atoms. The third-order valence-electron chi connectivity index (χ3n) is 5.00. The second-order valence-electron chi connectivity index (χ2n) is 6.29. The van der Waals surface area contributed by atoms with Gasteiger partial charge in [0, 0.05) is 58.6 Å². The van der Waals surface area contributed by atoms with Gasteiger partial charge in [-0.2, -0.15) is 0 Å². The molecule has 2 amide bonds. The van der Waals surface area contributed by atoms with Crippen LogP contribution in [0.3, 0.4) is 0 Å². The lowest BCUT2D eigenvalue weighted by molar-refractivity contribution is -0.0864. The monoisotopic (exact) mass is 319 g/mol. The summed E-state index contributed by atoms with van der Waals surface area (Å²) in [6, 6.07) is 4.12. The second-order valence-corrected chi connectivity index (χ2v) is 6.29. The van der Waals surface area contributed by atoms with Crippen LogP contribution in [0.1, 0.15) is 37.3 Å². The van der Waals surface area contributed by atoms with E-state index in [4.69, 9.17) is 9.47 Å². The van der Waals surface area contributed by atoms with Crippen molar-refractivity contribution < 1.29 is 14.3 Å².